The maximum absolute atomic E-state index is 4.92. The lowest BCUT2D eigenvalue weighted by atomic mass is 10.4. The zero-order valence-electron chi connectivity index (χ0n) is 4.73. The average Bonchev–Trinajstić information content (AvgIpc) is 1.68. The molecule has 0 aliphatic carbocycles. The Labute approximate surface area is 54.7 Å². The quantitative estimate of drug-likeness (QED) is 0.532. The molecule has 0 aromatic heterocycles. The van der Waals surface area contributed by atoms with Gasteiger partial charge in [-0.1, -0.05) is 25.6 Å². The zero-order chi connectivity index (χ0) is 5.70. The van der Waals surface area contributed by atoms with Crippen molar-refractivity contribution in [3.8, 4) is 0 Å². The molecule has 42 valence electrons. The number of thiocarbonyl (C=S) groups is 1. The van der Waals surface area contributed by atoms with Crippen LogP contribution in [0.1, 0.15) is 19.8 Å². The van der Waals surface area contributed by atoms with Gasteiger partial charge in [-0.2, -0.15) is 0 Å². The Morgan fingerprint density at radius 3 is 2.43 bits per heavy atom. The van der Waals surface area contributed by atoms with Gasteiger partial charge in [-0.05, 0) is 12.7 Å². The topological polar surface area (TPSA) is 0 Å². The van der Waals surface area contributed by atoms with Gasteiger partial charge >= 0.3 is 0 Å². The van der Waals surface area contributed by atoms with Crippen molar-refractivity contribution in [1.29, 1.82) is 0 Å². The Kier molecular flexibility index (Phi) is 4.88. The van der Waals surface area contributed by atoms with Crippen LogP contribution >= 0.6 is 24.0 Å². The molecule has 0 saturated carbocycles. The Morgan fingerprint density at radius 1 is 1.71 bits per heavy atom. The van der Waals surface area contributed by atoms with Crippen molar-refractivity contribution in [3.05, 3.63) is 0 Å². The molecule has 0 rings (SSSR count). The molecule has 0 aliphatic rings. The molecule has 0 atom stereocenters. The Bertz CT molecular complexity index is 59.1. The van der Waals surface area contributed by atoms with Crippen LogP contribution in [-0.4, -0.2) is 10.5 Å². The van der Waals surface area contributed by atoms with E-state index in [1.54, 1.807) is 11.8 Å². The molecule has 0 heterocycles. The van der Waals surface area contributed by atoms with E-state index in [2.05, 4.69) is 6.92 Å². The fourth-order valence-corrected chi connectivity index (χ4v) is 0.919. The smallest absolute Gasteiger partial charge is 0.0475 e. The first-order valence-corrected chi connectivity index (χ1v) is 4.01. The van der Waals surface area contributed by atoms with Crippen LogP contribution in [0.5, 0.6) is 0 Å². The molecular weight excluding hydrogens is 124 g/mol. The number of rotatable bonds is 2. The highest BCUT2D eigenvalue weighted by Crippen LogP contribution is 2.03. The molecule has 2 heteroatoms. The highest BCUT2D eigenvalue weighted by atomic mass is 32.2. The summed E-state index contributed by atoms with van der Waals surface area (Å²) in [6.45, 7) is 2.14. The first-order valence-electron chi connectivity index (χ1n) is 2.38. The molecule has 0 N–H and O–H groups in total. The second kappa shape index (κ2) is 4.60. The minimum atomic E-state index is 1.09. The third-order valence-electron chi connectivity index (χ3n) is 0.682. The molecular formula is C5H10S2. The summed E-state index contributed by atoms with van der Waals surface area (Å²) in [7, 11) is 0. The fourth-order valence-electron chi connectivity index (χ4n) is 0.306. The van der Waals surface area contributed by atoms with Crippen molar-refractivity contribution in [2.75, 3.05) is 6.26 Å². The largest absolute Gasteiger partial charge is 0.122 e. The van der Waals surface area contributed by atoms with Crippen molar-refractivity contribution in [2.24, 2.45) is 0 Å². The molecule has 0 saturated heterocycles. The minimum Gasteiger partial charge on any atom is -0.122 e. The Hall–Kier alpha value is 0.440. The second-order valence-electron chi connectivity index (χ2n) is 1.33. The van der Waals surface area contributed by atoms with Crippen molar-refractivity contribution in [2.45, 2.75) is 19.8 Å². The van der Waals surface area contributed by atoms with Gasteiger partial charge in [-0.3, -0.25) is 0 Å². The summed E-state index contributed by atoms with van der Waals surface area (Å²) in [6, 6.07) is 0. The molecule has 0 bridgehead atoms. The molecule has 0 aromatic rings. The minimum absolute atomic E-state index is 1.09. The van der Waals surface area contributed by atoms with E-state index in [1.165, 1.54) is 6.42 Å². The molecule has 0 spiro atoms. The maximum atomic E-state index is 4.92. The number of hydrogen-bond acceptors (Lipinski definition) is 2. The highest BCUT2D eigenvalue weighted by molar-refractivity contribution is 8.22. The van der Waals surface area contributed by atoms with Gasteiger partial charge in [-0.25, -0.2) is 0 Å². The van der Waals surface area contributed by atoms with Crippen LogP contribution < -0.4 is 0 Å². The SMILES string of the molecule is CCCC(=S)SC. The number of hydrogen-bond donors (Lipinski definition) is 0. The second-order valence-corrected chi connectivity index (χ2v) is 2.98. The van der Waals surface area contributed by atoms with Crippen LogP contribution in [0.4, 0.5) is 0 Å². The molecule has 0 fully saturated rings. The van der Waals surface area contributed by atoms with E-state index in [9.17, 15) is 0 Å². The summed E-state index contributed by atoms with van der Waals surface area (Å²) in [5.41, 5.74) is 0. The van der Waals surface area contributed by atoms with Gasteiger partial charge in [0.2, 0.25) is 0 Å². The van der Waals surface area contributed by atoms with Crippen molar-refractivity contribution >= 4 is 28.2 Å². The van der Waals surface area contributed by atoms with E-state index < -0.39 is 0 Å². The van der Waals surface area contributed by atoms with E-state index in [-0.39, 0.29) is 0 Å². The predicted molar refractivity (Wildman–Crippen MR) is 41.0 cm³/mol. The van der Waals surface area contributed by atoms with E-state index in [0.29, 0.717) is 0 Å². The summed E-state index contributed by atoms with van der Waals surface area (Å²) < 4.78 is 1.13. The van der Waals surface area contributed by atoms with Crippen LogP contribution in [0, 0.1) is 0 Å². The van der Waals surface area contributed by atoms with Gasteiger partial charge in [0.1, 0.15) is 0 Å². The average molecular weight is 134 g/mol. The molecule has 0 nitrogen and oxygen atoms in total. The third kappa shape index (κ3) is 4.29. The molecule has 0 aliphatic heterocycles. The normalized spacial score (nSPS) is 8.86. The summed E-state index contributed by atoms with van der Waals surface area (Å²) in [5.74, 6) is 0. The zero-order valence-corrected chi connectivity index (χ0v) is 6.36. The standard InChI is InChI=1S/C5H10S2/c1-3-4-5(6)7-2/h3-4H2,1-2H3. The van der Waals surface area contributed by atoms with E-state index in [1.807, 2.05) is 6.26 Å². The molecule has 0 unspecified atom stereocenters. The maximum Gasteiger partial charge on any atom is 0.0475 e. The van der Waals surface area contributed by atoms with Gasteiger partial charge in [-0.15, -0.1) is 11.8 Å². The van der Waals surface area contributed by atoms with Crippen LogP contribution in [-0.2, 0) is 0 Å². The van der Waals surface area contributed by atoms with Crippen LogP contribution in [0.25, 0.3) is 0 Å². The predicted octanol–water partition coefficient (Wildman–Crippen LogP) is 2.48. The van der Waals surface area contributed by atoms with Crippen molar-refractivity contribution in [1.82, 2.24) is 0 Å². The lowest BCUT2D eigenvalue weighted by Gasteiger charge is -1.90. The number of thioether (sulfide) groups is 1. The Morgan fingerprint density at radius 2 is 2.29 bits per heavy atom. The molecule has 0 aromatic carbocycles. The lowest BCUT2D eigenvalue weighted by Crippen LogP contribution is -1.81. The summed E-state index contributed by atoms with van der Waals surface area (Å²) in [5, 5.41) is 0. The highest BCUT2D eigenvalue weighted by Gasteiger charge is 1.86. The van der Waals surface area contributed by atoms with Crippen LogP contribution in [0.3, 0.4) is 0 Å². The van der Waals surface area contributed by atoms with Crippen molar-refractivity contribution < 1.29 is 0 Å². The van der Waals surface area contributed by atoms with Gasteiger partial charge in [0.05, 0.1) is 0 Å². The van der Waals surface area contributed by atoms with Crippen molar-refractivity contribution in [3.63, 3.8) is 0 Å². The first-order chi connectivity index (χ1) is 3.31. The van der Waals surface area contributed by atoms with Gasteiger partial charge < -0.3 is 0 Å². The van der Waals surface area contributed by atoms with Gasteiger partial charge in [0.15, 0.2) is 0 Å². The third-order valence-corrected chi connectivity index (χ3v) is 2.05. The van der Waals surface area contributed by atoms with E-state index in [0.717, 1.165) is 10.6 Å². The summed E-state index contributed by atoms with van der Waals surface area (Å²) >= 11 is 6.60. The summed E-state index contributed by atoms with van der Waals surface area (Å²) in [4.78, 5) is 0. The van der Waals surface area contributed by atoms with Gasteiger partial charge in [0.25, 0.3) is 0 Å². The van der Waals surface area contributed by atoms with Crippen LogP contribution in [0.2, 0.25) is 0 Å². The first kappa shape index (κ1) is 7.44. The Balaban J connectivity index is 3.00. The van der Waals surface area contributed by atoms with Gasteiger partial charge in [0, 0.05) is 4.20 Å². The fraction of sp³-hybridized carbons (Fsp3) is 0.800. The van der Waals surface area contributed by atoms with Crippen LogP contribution in [0.15, 0.2) is 0 Å². The summed E-state index contributed by atoms with van der Waals surface area (Å²) in [6.07, 6.45) is 4.30. The monoisotopic (exact) mass is 134 g/mol. The van der Waals surface area contributed by atoms with E-state index >= 15 is 0 Å². The van der Waals surface area contributed by atoms with E-state index in [4.69, 9.17) is 12.2 Å². The molecule has 0 amide bonds. The molecule has 7 heavy (non-hydrogen) atoms. The molecule has 0 radical (unpaired) electrons. The lowest BCUT2D eigenvalue weighted by molar-refractivity contribution is 1.01.